The molecule has 19 heavy (non-hydrogen) atoms. The number of nitrogens with zero attached hydrogens (tertiary/aromatic N) is 2. The summed E-state index contributed by atoms with van der Waals surface area (Å²) in [5.41, 5.74) is 5.49. The van der Waals surface area contributed by atoms with Crippen molar-refractivity contribution >= 4 is 15.9 Å². The number of aromatic nitrogens is 2. The third-order valence-corrected chi connectivity index (χ3v) is 3.80. The van der Waals surface area contributed by atoms with Crippen LogP contribution in [0.15, 0.2) is 22.7 Å². The van der Waals surface area contributed by atoms with Gasteiger partial charge in [-0.1, -0.05) is 22.0 Å². The highest BCUT2D eigenvalue weighted by molar-refractivity contribution is 9.10. The van der Waals surface area contributed by atoms with Crippen LogP contribution in [0, 0.1) is 20.8 Å². The van der Waals surface area contributed by atoms with Crippen LogP contribution in [0.5, 0.6) is 0 Å². The Hall–Kier alpha value is -1.26. The molecule has 0 fully saturated rings. The maximum Gasteiger partial charge on any atom is 0.160 e. The van der Waals surface area contributed by atoms with Crippen molar-refractivity contribution in [2.45, 2.75) is 27.3 Å². The molecule has 0 saturated carbocycles. The molecule has 1 heterocycles. The summed E-state index contributed by atoms with van der Waals surface area (Å²) in [7, 11) is 1.93. The summed E-state index contributed by atoms with van der Waals surface area (Å²) in [6.45, 7) is 6.94. The average molecular weight is 320 g/mol. The van der Waals surface area contributed by atoms with E-state index < -0.39 is 0 Å². The first kappa shape index (κ1) is 14.2. The van der Waals surface area contributed by atoms with E-state index >= 15 is 0 Å². The van der Waals surface area contributed by atoms with Crippen LogP contribution >= 0.6 is 15.9 Å². The molecule has 4 heteroatoms. The molecule has 0 saturated heterocycles. The first-order chi connectivity index (χ1) is 9.02. The molecule has 0 bridgehead atoms. The Balaban J connectivity index is 2.52. The number of nitrogens with one attached hydrogen (secondary N) is 1. The first-order valence-electron chi connectivity index (χ1n) is 6.28. The van der Waals surface area contributed by atoms with Crippen molar-refractivity contribution in [3.63, 3.8) is 0 Å². The highest BCUT2D eigenvalue weighted by Crippen LogP contribution is 2.27. The second-order valence-corrected chi connectivity index (χ2v) is 5.56. The van der Waals surface area contributed by atoms with Gasteiger partial charge in [0.1, 0.15) is 0 Å². The monoisotopic (exact) mass is 319 g/mol. The zero-order valence-corrected chi connectivity index (χ0v) is 13.3. The third-order valence-electron chi connectivity index (χ3n) is 3.14. The Morgan fingerprint density at radius 1 is 1.11 bits per heavy atom. The Labute approximate surface area is 122 Å². The van der Waals surface area contributed by atoms with E-state index in [0.717, 1.165) is 33.8 Å². The number of benzene rings is 1. The molecule has 3 nitrogen and oxygen atoms in total. The molecule has 0 aliphatic rings. The number of hydrogen-bond donors (Lipinski definition) is 1. The lowest BCUT2D eigenvalue weighted by molar-refractivity contribution is 0.787. The van der Waals surface area contributed by atoms with Crippen molar-refractivity contribution in [1.29, 1.82) is 0 Å². The van der Waals surface area contributed by atoms with Crippen LogP contribution in [0.4, 0.5) is 0 Å². The Kier molecular flexibility index (Phi) is 4.32. The van der Waals surface area contributed by atoms with Crippen LogP contribution in [0.1, 0.15) is 22.5 Å². The minimum atomic E-state index is 0.779. The van der Waals surface area contributed by atoms with E-state index in [1.165, 1.54) is 11.1 Å². The topological polar surface area (TPSA) is 37.8 Å². The number of aryl methyl sites for hydroxylation is 3. The minimum Gasteiger partial charge on any atom is -0.316 e. The number of hydrogen-bond acceptors (Lipinski definition) is 3. The normalized spacial score (nSPS) is 10.8. The summed E-state index contributed by atoms with van der Waals surface area (Å²) >= 11 is 3.59. The molecule has 0 atom stereocenters. The maximum absolute atomic E-state index is 4.63. The second kappa shape index (κ2) is 5.80. The molecule has 0 amide bonds. The molecule has 1 aromatic carbocycles. The van der Waals surface area contributed by atoms with Gasteiger partial charge >= 0.3 is 0 Å². The van der Waals surface area contributed by atoms with Gasteiger partial charge < -0.3 is 5.32 Å². The Bertz CT molecular complexity index is 585. The average Bonchev–Trinajstić information content (AvgIpc) is 2.33. The largest absolute Gasteiger partial charge is 0.316 e. The zero-order chi connectivity index (χ0) is 14.0. The fourth-order valence-corrected chi connectivity index (χ4v) is 2.76. The SMILES string of the molecule is CNCc1c(C)nc(-c2ccc(C)cc2Br)nc1C. The van der Waals surface area contributed by atoms with Crippen LogP contribution in [0.2, 0.25) is 0 Å². The van der Waals surface area contributed by atoms with Gasteiger partial charge in [0.25, 0.3) is 0 Å². The van der Waals surface area contributed by atoms with E-state index in [2.05, 4.69) is 56.3 Å². The molecule has 100 valence electrons. The van der Waals surface area contributed by atoms with Crippen molar-refractivity contribution in [1.82, 2.24) is 15.3 Å². The van der Waals surface area contributed by atoms with Crippen molar-refractivity contribution in [3.05, 3.63) is 45.2 Å². The van der Waals surface area contributed by atoms with E-state index in [4.69, 9.17) is 0 Å². The van der Waals surface area contributed by atoms with Crippen LogP contribution in [0.3, 0.4) is 0 Å². The number of rotatable bonds is 3. The van der Waals surface area contributed by atoms with E-state index in [9.17, 15) is 0 Å². The first-order valence-corrected chi connectivity index (χ1v) is 7.07. The summed E-state index contributed by atoms with van der Waals surface area (Å²) in [5, 5.41) is 3.15. The molecule has 0 aliphatic heterocycles. The standard InChI is InChI=1S/C15H18BrN3/c1-9-5-6-12(14(16)7-9)15-18-10(2)13(8-17-4)11(3)19-15/h5-7,17H,8H2,1-4H3. The zero-order valence-electron chi connectivity index (χ0n) is 11.7. The van der Waals surface area contributed by atoms with Gasteiger partial charge in [0.15, 0.2) is 5.82 Å². The smallest absolute Gasteiger partial charge is 0.160 e. The highest BCUT2D eigenvalue weighted by atomic mass is 79.9. The molecular formula is C15H18BrN3. The summed E-state index contributed by atoms with van der Waals surface area (Å²) < 4.78 is 1.03. The van der Waals surface area contributed by atoms with Gasteiger partial charge in [-0.15, -0.1) is 0 Å². The number of halogens is 1. The van der Waals surface area contributed by atoms with Crippen LogP contribution in [0.25, 0.3) is 11.4 Å². The molecule has 2 aromatic rings. The molecular weight excluding hydrogens is 302 g/mol. The lowest BCUT2D eigenvalue weighted by Gasteiger charge is -2.11. The van der Waals surface area contributed by atoms with Gasteiger partial charge in [0.05, 0.1) is 0 Å². The van der Waals surface area contributed by atoms with E-state index in [0.29, 0.717) is 0 Å². The third kappa shape index (κ3) is 3.01. The minimum absolute atomic E-state index is 0.779. The molecule has 0 unspecified atom stereocenters. The summed E-state index contributed by atoms with van der Waals surface area (Å²) in [5.74, 6) is 0.779. The van der Waals surface area contributed by atoms with Gasteiger partial charge in [-0.25, -0.2) is 9.97 Å². The van der Waals surface area contributed by atoms with E-state index in [1.807, 2.05) is 20.9 Å². The second-order valence-electron chi connectivity index (χ2n) is 4.71. The lowest BCUT2D eigenvalue weighted by Crippen LogP contribution is -2.11. The van der Waals surface area contributed by atoms with Crippen molar-refractivity contribution in [2.24, 2.45) is 0 Å². The van der Waals surface area contributed by atoms with Crippen molar-refractivity contribution in [3.8, 4) is 11.4 Å². The van der Waals surface area contributed by atoms with Gasteiger partial charge in [-0.3, -0.25) is 0 Å². The molecule has 0 radical (unpaired) electrons. The molecule has 0 aliphatic carbocycles. The summed E-state index contributed by atoms with van der Waals surface area (Å²) in [6.07, 6.45) is 0. The van der Waals surface area contributed by atoms with Gasteiger partial charge in [-0.2, -0.15) is 0 Å². The van der Waals surface area contributed by atoms with Gasteiger partial charge in [-0.05, 0) is 45.5 Å². The summed E-state index contributed by atoms with van der Waals surface area (Å²) in [4.78, 5) is 9.26. The van der Waals surface area contributed by atoms with Crippen molar-refractivity contribution in [2.75, 3.05) is 7.05 Å². The fourth-order valence-electron chi connectivity index (χ4n) is 2.09. The molecule has 1 aromatic heterocycles. The maximum atomic E-state index is 4.63. The highest BCUT2D eigenvalue weighted by Gasteiger charge is 2.11. The van der Waals surface area contributed by atoms with E-state index in [-0.39, 0.29) is 0 Å². The van der Waals surface area contributed by atoms with Gasteiger partial charge in [0, 0.05) is 33.5 Å². The Morgan fingerprint density at radius 3 is 2.26 bits per heavy atom. The van der Waals surface area contributed by atoms with E-state index in [1.54, 1.807) is 0 Å². The Morgan fingerprint density at radius 2 is 1.74 bits per heavy atom. The molecule has 2 rings (SSSR count). The van der Waals surface area contributed by atoms with Crippen LogP contribution < -0.4 is 5.32 Å². The van der Waals surface area contributed by atoms with Crippen molar-refractivity contribution < 1.29 is 0 Å². The van der Waals surface area contributed by atoms with Crippen LogP contribution in [-0.2, 0) is 6.54 Å². The van der Waals surface area contributed by atoms with Gasteiger partial charge in [0.2, 0.25) is 0 Å². The quantitative estimate of drug-likeness (QED) is 0.940. The fraction of sp³-hybridized carbons (Fsp3) is 0.333. The van der Waals surface area contributed by atoms with Crippen LogP contribution in [-0.4, -0.2) is 17.0 Å². The summed E-state index contributed by atoms with van der Waals surface area (Å²) in [6, 6.07) is 6.23. The predicted octanol–water partition coefficient (Wildman–Crippen LogP) is 3.55. The predicted molar refractivity (Wildman–Crippen MR) is 82.1 cm³/mol. The molecule has 1 N–H and O–H groups in total. The molecule has 0 spiro atoms. The lowest BCUT2D eigenvalue weighted by atomic mass is 10.1.